The van der Waals surface area contributed by atoms with Gasteiger partial charge in [0.1, 0.15) is 17.8 Å². The molecule has 30 heavy (non-hydrogen) atoms. The topological polar surface area (TPSA) is 63.2 Å². The Morgan fingerprint density at radius 3 is 2.43 bits per heavy atom. The van der Waals surface area contributed by atoms with Gasteiger partial charge in [0.2, 0.25) is 0 Å². The Kier molecular flexibility index (Phi) is 6.23. The molecule has 0 spiro atoms. The molecule has 6 heteroatoms. The van der Waals surface area contributed by atoms with Crippen molar-refractivity contribution in [1.82, 2.24) is 9.97 Å². The molecule has 2 saturated carbocycles. The van der Waals surface area contributed by atoms with Gasteiger partial charge in [-0.2, -0.15) is 0 Å². The number of ketones is 1. The number of Topliss-reactive ketones (excluding diaryl/α,β-unsaturated/α-hetero) is 1. The van der Waals surface area contributed by atoms with E-state index >= 15 is 0 Å². The number of hydrogen-bond donors (Lipinski definition) is 0. The summed E-state index contributed by atoms with van der Waals surface area (Å²) in [4.78, 5) is 24.9. The molecule has 0 aliphatic heterocycles. The molecule has 2 fully saturated rings. The smallest absolute Gasteiger partial charge is 0.185 e. The lowest BCUT2D eigenvalue weighted by Crippen LogP contribution is -2.39. The zero-order chi connectivity index (χ0) is 21.1. The molecule has 0 radical (unpaired) electrons. The quantitative estimate of drug-likeness (QED) is 0.469. The summed E-state index contributed by atoms with van der Waals surface area (Å²) in [6.07, 6.45) is 12.3. The molecule has 2 aliphatic rings. The van der Waals surface area contributed by atoms with Gasteiger partial charge in [-0.05, 0) is 64.7 Å². The maximum absolute atomic E-state index is 12.9. The molecule has 1 atom stereocenters. The molecule has 2 aliphatic carbocycles. The first kappa shape index (κ1) is 21.0. The summed E-state index contributed by atoms with van der Waals surface area (Å²) in [5.41, 5.74) is 1.35. The van der Waals surface area contributed by atoms with Crippen LogP contribution in [0.25, 0.3) is 0 Å². The van der Waals surface area contributed by atoms with Crippen LogP contribution in [-0.4, -0.2) is 44.7 Å². The van der Waals surface area contributed by atoms with E-state index in [1.165, 1.54) is 51.3 Å². The summed E-state index contributed by atoms with van der Waals surface area (Å²) >= 11 is 0. The fourth-order valence-electron chi connectivity index (χ4n) is 4.23. The van der Waals surface area contributed by atoms with Gasteiger partial charge in [-0.3, -0.25) is 9.00 Å². The third-order valence-corrected chi connectivity index (χ3v) is 7.46. The number of rotatable bonds is 8. The summed E-state index contributed by atoms with van der Waals surface area (Å²) < 4.78 is 12.1. The van der Waals surface area contributed by atoms with Gasteiger partial charge in [0, 0.05) is 36.2 Å². The fourth-order valence-corrected chi connectivity index (χ4v) is 4.94. The first-order chi connectivity index (χ1) is 14.4. The maximum atomic E-state index is 12.9. The SMILES string of the molecule is C=S(C)(=O)c1ccc(CC(=O)c2cc(N(CC3CC3)C3CCCCC3)ncn2)cc1. The van der Waals surface area contributed by atoms with Crippen molar-refractivity contribution in [2.75, 3.05) is 17.7 Å². The minimum absolute atomic E-state index is 0.0201. The van der Waals surface area contributed by atoms with E-state index in [4.69, 9.17) is 0 Å². The first-order valence-electron chi connectivity index (χ1n) is 10.9. The van der Waals surface area contributed by atoms with Gasteiger partial charge in [-0.15, -0.1) is 0 Å². The van der Waals surface area contributed by atoms with Crippen LogP contribution in [0.15, 0.2) is 41.6 Å². The van der Waals surface area contributed by atoms with Crippen LogP contribution in [0.5, 0.6) is 0 Å². The molecule has 4 rings (SSSR count). The van der Waals surface area contributed by atoms with Crippen LogP contribution in [0.3, 0.4) is 0 Å². The average Bonchev–Trinajstić information content (AvgIpc) is 3.57. The molecule has 1 heterocycles. The monoisotopic (exact) mass is 425 g/mol. The van der Waals surface area contributed by atoms with E-state index in [1.54, 1.807) is 18.4 Å². The van der Waals surface area contributed by atoms with Gasteiger partial charge < -0.3 is 4.90 Å². The molecule has 0 amide bonds. The highest BCUT2D eigenvalue weighted by molar-refractivity contribution is 7.99. The second-order valence-corrected chi connectivity index (χ2v) is 11.4. The lowest BCUT2D eigenvalue weighted by Gasteiger charge is -2.35. The summed E-state index contributed by atoms with van der Waals surface area (Å²) in [6.45, 7) is 1.04. The Bertz CT molecular complexity index is 991. The molecule has 0 bridgehead atoms. The van der Waals surface area contributed by atoms with Crippen LogP contribution in [0.4, 0.5) is 5.82 Å². The number of aromatic nitrogens is 2. The van der Waals surface area contributed by atoms with Gasteiger partial charge in [0.15, 0.2) is 5.78 Å². The van der Waals surface area contributed by atoms with Crippen LogP contribution in [-0.2, 0) is 15.9 Å². The van der Waals surface area contributed by atoms with Crippen LogP contribution >= 0.6 is 0 Å². The minimum Gasteiger partial charge on any atom is -0.353 e. The van der Waals surface area contributed by atoms with E-state index in [2.05, 4.69) is 20.7 Å². The van der Waals surface area contributed by atoms with Crippen LogP contribution in [0.1, 0.15) is 61.0 Å². The molecule has 0 N–H and O–H groups in total. The van der Waals surface area contributed by atoms with Crippen molar-refractivity contribution in [3.63, 3.8) is 0 Å². The van der Waals surface area contributed by atoms with E-state index in [-0.39, 0.29) is 12.2 Å². The number of carbonyl (C=O) groups excluding carboxylic acids is 1. The second kappa shape index (κ2) is 8.88. The van der Waals surface area contributed by atoms with Crippen LogP contribution in [0.2, 0.25) is 0 Å². The minimum atomic E-state index is -2.24. The van der Waals surface area contributed by atoms with Gasteiger partial charge in [0.05, 0.1) is 0 Å². The van der Waals surface area contributed by atoms with Crippen molar-refractivity contribution in [3.05, 3.63) is 47.9 Å². The zero-order valence-electron chi connectivity index (χ0n) is 17.8. The first-order valence-corrected chi connectivity index (χ1v) is 13.1. The highest BCUT2D eigenvalue weighted by Gasteiger charge is 2.30. The van der Waals surface area contributed by atoms with Gasteiger partial charge in [0.25, 0.3) is 0 Å². The largest absolute Gasteiger partial charge is 0.353 e. The lowest BCUT2D eigenvalue weighted by molar-refractivity contribution is 0.0988. The molecule has 160 valence electrons. The lowest BCUT2D eigenvalue weighted by atomic mass is 9.94. The van der Waals surface area contributed by atoms with Gasteiger partial charge in [-0.25, -0.2) is 9.97 Å². The molecule has 0 saturated heterocycles. The Morgan fingerprint density at radius 1 is 1.10 bits per heavy atom. The summed E-state index contributed by atoms with van der Waals surface area (Å²) in [5, 5.41) is 0. The Hall–Kier alpha value is -2.21. The van der Waals surface area contributed by atoms with Gasteiger partial charge >= 0.3 is 0 Å². The normalized spacial score (nSPS) is 19.2. The summed E-state index contributed by atoms with van der Waals surface area (Å²) in [5.74, 6) is 5.35. The van der Waals surface area contributed by atoms with E-state index in [0.717, 1.165) is 23.8 Å². The molecule has 2 aromatic rings. The molecule has 5 nitrogen and oxygen atoms in total. The molecule has 1 aromatic carbocycles. The number of carbonyl (C=O) groups is 1. The number of anilines is 1. The molecule has 1 unspecified atom stereocenters. The Morgan fingerprint density at radius 2 is 1.80 bits per heavy atom. The Balaban J connectivity index is 1.50. The van der Waals surface area contributed by atoms with E-state index in [1.807, 2.05) is 18.2 Å². The van der Waals surface area contributed by atoms with Crippen molar-refractivity contribution in [1.29, 1.82) is 0 Å². The second-order valence-electron chi connectivity index (χ2n) is 8.90. The van der Waals surface area contributed by atoms with Crippen molar-refractivity contribution < 1.29 is 9.00 Å². The third-order valence-electron chi connectivity index (χ3n) is 6.19. The maximum Gasteiger partial charge on any atom is 0.185 e. The third kappa shape index (κ3) is 5.28. The van der Waals surface area contributed by atoms with Crippen LogP contribution in [0, 0.1) is 5.92 Å². The molecular formula is C24H31N3O2S. The Labute approximate surface area is 179 Å². The van der Waals surface area contributed by atoms with Gasteiger partial charge in [-0.1, -0.05) is 31.4 Å². The van der Waals surface area contributed by atoms with Crippen molar-refractivity contribution in [2.24, 2.45) is 5.92 Å². The highest BCUT2D eigenvalue weighted by atomic mass is 32.2. The number of nitrogens with zero attached hydrogens (tertiary/aromatic N) is 3. The zero-order valence-corrected chi connectivity index (χ0v) is 18.6. The van der Waals surface area contributed by atoms with E-state index in [9.17, 15) is 9.00 Å². The standard InChI is InChI=1S/C24H31N3O2S/c1-30(2,29)21-12-10-18(11-13-21)14-23(28)22-15-24(26-17-25-22)27(16-19-8-9-19)20-6-4-3-5-7-20/h10-13,15,17,19-20H,1,3-9,14,16H2,2H3. The van der Waals surface area contributed by atoms with Crippen LogP contribution < -0.4 is 4.90 Å². The molecule has 1 aromatic heterocycles. The predicted octanol–water partition coefficient (Wildman–Crippen LogP) is 4.16. The summed E-state index contributed by atoms with van der Waals surface area (Å²) in [6, 6.07) is 9.70. The average molecular weight is 426 g/mol. The fraction of sp³-hybridized carbons (Fsp3) is 0.500. The summed E-state index contributed by atoms with van der Waals surface area (Å²) in [7, 11) is -2.24. The predicted molar refractivity (Wildman–Crippen MR) is 123 cm³/mol. The van der Waals surface area contributed by atoms with Crippen molar-refractivity contribution in [2.45, 2.75) is 62.3 Å². The number of benzene rings is 1. The van der Waals surface area contributed by atoms with E-state index in [0.29, 0.717) is 16.6 Å². The number of hydrogen-bond acceptors (Lipinski definition) is 5. The highest BCUT2D eigenvalue weighted by Crippen LogP contribution is 2.34. The van der Waals surface area contributed by atoms with E-state index < -0.39 is 9.52 Å². The van der Waals surface area contributed by atoms with Crippen molar-refractivity contribution in [3.8, 4) is 0 Å². The molecular weight excluding hydrogens is 394 g/mol. The van der Waals surface area contributed by atoms with Crippen molar-refractivity contribution >= 4 is 27.0 Å².